The minimum absolute atomic E-state index is 0.0184. The van der Waals surface area contributed by atoms with Gasteiger partial charge in [-0.3, -0.25) is 9.69 Å². The third-order valence-electron chi connectivity index (χ3n) is 3.22. The Bertz CT molecular complexity index is 390. The summed E-state index contributed by atoms with van der Waals surface area (Å²) in [5.74, 6) is -0.0184. The summed E-state index contributed by atoms with van der Waals surface area (Å²) in [6, 6.07) is -0.546. The van der Waals surface area contributed by atoms with Crippen molar-refractivity contribution in [3.8, 4) is 0 Å². The van der Waals surface area contributed by atoms with Crippen molar-refractivity contribution in [1.82, 2.24) is 14.8 Å². The van der Waals surface area contributed by atoms with Crippen molar-refractivity contribution in [2.45, 2.75) is 12.6 Å². The second-order valence-electron chi connectivity index (χ2n) is 4.64. The summed E-state index contributed by atoms with van der Waals surface area (Å²) in [5.41, 5.74) is 8.71. The summed E-state index contributed by atoms with van der Waals surface area (Å²) in [6.45, 7) is 4.31. The minimum atomic E-state index is -0.546. The molecule has 106 valence electrons. The van der Waals surface area contributed by atoms with Gasteiger partial charge in [0.05, 0.1) is 17.8 Å². The van der Waals surface area contributed by atoms with Crippen molar-refractivity contribution >= 4 is 17.2 Å². The number of nitrogens with two attached hydrogens (primary N) is 1. The van der Waals surface area contributed by atoms with E-state index in [0.29, 0.717) is 0 Å². The summed E-state index contributed by atoms with van der Waals surface area (Å²) in [4.78, 5) is 20.4. The van der Waals surface area contributed by atoms with E-state index in [1.165, 1.54) is 0 Å². The Morgan fingerprint density at radius 1 is 1.53 bits per heavy atom. The molecule has 0 bridgehead atoms. The zero-order chi connectivity index (χ0) is 13.7. The Morgan fingerprint density at radius 3 is 2.84 bits per heavy atom. The van der Waals surface area contributed by atoms with Crippen LogP contribution in [0.1, 0.15) is 5.69 Å². The molecule has 1 aliphatic heterocycles. The Hall–Kier alpha value is -1.02. The van der Waals surface area contributed by atoms with E-state index in [9.17, 15) is 4.79 Å². The van der Waals surface area contributed by atoms with Crippen molar-refractivity contribution in [1.29, 1.82) is 0 Å². The second-order valence-corrected chi connectivity index (χ2v) is 5.36. The van der Waals surface area contributed by atoms with E-state index in [4.69, 9.17) is 10.5 Å². The van der Waals surface area contributed by atoms with Crippen LogP contribution in [0.2, 0.25) is 0 Å². The smallest absolute Gasteiger partial charge is 0.241 e. The van der Waals surface area contributed by atoms with E-state index in [0.717, 1.165) is 38.4 Å². The first-order valence-electron chi connectivity index (χ1n) is 6.33. The fourth-order valence-corrected chi connectivity index (χ4v) is 2.71. The molecule has 7 heteroatoms. The minimum Gasteiger partial charge on any atom is -0.383 e. The van der Waals surface area contributed by atoms with Gasteiger partial charge in [-0.1, -0.05) is 0 Å². The van der Waals surface area contributed by atoms with E-state index in [-0.39, 0.29) is 12.5 Å². The SMILES string of the molecule is COCC(N)C(=O)N1CCN(Cc2cscn2)CC1. The van der Waals surface area contributed by atoms with E-state index < -0.39 is 6.04 Å². The normalized spacial score (nSPS) is 18.5. The van der Waals surface area contributed by atoms with Gasteiger partial charge in [0.25, 0.3) is 0 Å². The van der Waals surface area contributed by atoms with Crippen molar-refractivity contribution in [2.24, 2.45) is 5.73 Å². The molecule has 0 saturated carbocycles. The highest BCUT2D eigenvalue weighted by atomic mass is 32.1. The molecule has 1 aromatic rings. The zero-order valence-electron chi connectivity index (χ0n) is 11.1. The molecular formula is C12H20N4O2S. The number of carbonyl (C=O) groups excluding carboxylic acids is 1. The predicted molar refractivity (Wildman–Crippen MR) is 73.8 cm³/mol. The lowest BCUT2D eigenvalue weighted by atomic mass is 10.2. The average Bonchev–Trinajstić information content (AvgIpc) is 2.92. The number of aromatic nitrogens is 1. The number of thiazole rings is 1. The first-order chi connectivity index (χ1) is 9.20. The van der Waals surface area contributed by atoms with Gasteiger partial charge in [-0.25, -0.2) is 4.98 Å². The number of piperazine rings is 1. The van der Waals surface area contributed by atoms with E-state index in [2.05, 4.69) is 15.3 Å². The quantitative estimate of drug-likeness (QED) is 0.808. The number of rotatable bonds is 5. The molecule has 2 N–H and O–H groups in total. The van der Waals surface area contributed by atoms with Gasteiger partial charge in [0, 0.05) is 45.2 Å². The topological polar surface area (TPSA) is 71.7 Å². The first-order valence-corrected chi connectivity index (χ1v) is 7.27. The van der Waals surface area contributed by atoms with Gasteiger partial charge in [-0.05, 0) is 0 Å². The van der Waals surface area contributed by atoms with Gasteiger partial charge in [0.1, 0.15) is 6.04 Å². The van der Waals surface area contributed by atoms with Crippen molar-refractivity contribution in [3.63, 3.8) is 0 Å². The van der Waals surface area contributed by atoms with Crippen LogP contribution in [0.3, 0.4) is 0 Å². The van der Waals surface area contributed by atoms with Crippen LogP contribution in [0.4, 0.5) is 0 Å². The molecular weight excluding hydrogens is 264 g/mol. The van der Waals surface area contributed by atoms with Gasteiger partial charge < -0.3 is 15.4 Å². The van der Waals surface area contributed by atoms with Crippen LogP contribution in [0, 0.1) is 0 Å². The average molecular weight is 284 g/mol. The molecule has 1 fully saturated rings. The largest absolute Gasteiger partial charge is 0.383 e. The number of carbonyl (C=O) groups is 1. The van der Waals surface area contributed by atoms with Crippen LogP contribution >= 0.6 is 11.3 Å². The molecule has 1 atom stereocenters. The van der Waals surface area contributed by atoms with Gasteiger partial charge >= 0.3 is 0 Å². The lowest BCUT2D eigenvalue weighted by Crippen LogP contribution is -2.53. The maximum atomic E-state index is 12.0. The summed E-state index contributed by atoms with van der Waals surface area (Å²) in [6.07, 6.45) is 0. The highest BCUT2D eigenvalue weighted by molar-refractivity contribution is 7.07. The molecule has 1 amide bonds. The van der Waals surface area contributed by atoms with Gasteiger partial charge in [0.2, 0.25) is 5.91 Å². The number of amides is 1. The molecule has 19 heavy (non-hydrogen) atoms. The number of nitrogens with zero attached hydrogens (tertiary/aromatic N) is 3. The highest BCUT2D eigenvalue weighted by Gasteiger charge is 2.25. The molecule has 1 aliphatic rings. The standard InChI is InChI=1S/C12H20N4O2S/c1-18-7-11(13)12(17)16-4-2-15(3-5-16)6-10-8-19-9-14-10/h8-9,11H,2-7,13H2,1H3. The summed E-state index contributed by atoms with van der Waals surface area (Å²) in [7, 11) is 1.55. The Kier molecular flexibility index (Phi) is 5.26. The van der Waals surface area contributed by atoms with Crippen molar-refractivity contribution in [2.75, 3.05) is 39.9 Å². The molecule has 0 radical (unpaired) electrons. The van der Waals surface area contributed by atoms with Gasteiger partial charge in [-0.2, -0.15) is 0 Å². The molecule has 2 rings (SSSR count). The van der Waals surface area contributed by atoms with Gasteiger partial charge in [-0.15, -0.1) is 11.3 Å². The van der Waals surface area contributed by atoms with Crippen LogP contribution in [0.5, 0.6) is 0 Å². The fourth-order valence-electron chi connectivity index (χ4n) is 2.16. The second kappa shape index (κ2) is 6.95. The summed E-state index contributed by atoms with van der Waals surface area (Å²) < 4.78 is 4.92. The molecule has 0 aromatic carbocycles. The Morgan fingerprint density at radius 2 is 2.26 bits per heavy atom. The molecule has 0 aliphatic carbocycles. The highest BCUT2D eigenvalue weighted by Crippen LogP contribution is 2.09. The van der Waals surface area contributed by atoms with Crippen LogP contribution < -0.4 is 5.73 Å². The van der Waals surface area contributed by atoms with Crippen molar-refractivity contribution < 1.29 is 9.53 Å². The predicted octanol–water partition coefficient (Wildman–Crippen LogP) is -0.239. The number of methoxy groups -OCH3 is 1. The third-order valence-corrected chi connectivity index (χ3v) is 3.85. The lowest BCUT2D eigenvalue weighted by molar-refractivity contribution is -0.135. The zero-order valence-corrected chi connectivity index (χ0v) is 11.9. The van der Waals surface area contributed by atoms with E-state index in [1.807, 2.05) is 10.4 Å². The molecule has 1 saturated heterocycles. The monoisotopic (exact) mass is 284 g/mol. The summed E-state index contributed by atoms with van der Waals surface area (Å²) >= 11 is 1.61. The third kappa shape index (κ3) is 3.97. The van der Waals surface area contributed by atoms with Crippen molar-refractivity contribution in [3.05, 3.63) is 16.6 Å². The van der Waals surface area contributed by atoms with E-state index in [1.54, 1.807) is 18.4 Å². The molecule has 1 unspecified atom stereocenters. The van der Waals surface area contributed by atoms with Crippen LogP contribution in [0.25, 0.3) is 0 Å². The maximum absolute atomic E-state index is 12.0. The molecule has 1 aromatic heterocycles. The van der Waals surface area contributed by atoms with Gasteiger partial charge in [0.15, 0.2) is 0 Å². The number of ether oxygens (including phenoxy) is 1. The van der Waals surface area contributed by atoms with E-state index >= 15 is 0 Å². The molecule has 6 nitrogen and oxygen atoms in total. The van der Waals surface area contributed by atoms with Crippen LogP contribution in [-0.4, -0.2) is 66.6 Å². The lowest BCUT2D eigenvalue weighted by Gasteiger charge is -2.35. The molecule has 2 heterocycles. The van der Waals surface area contributed by atoms with Crippen LogP contribution in [-0.2, 0) is 16.1 Å². The maximum Gasteiger partial charge on any atom is 0.241 e. The number of hydrogen-bond donors (Lipinski definition) is 1. The van der Waals surface area contributed by atoms with Crippen LogP contribution in [0.15, 0.2) is 10.9 Å². The number of hydrogen-bond acceptors (Lipinski definition) is 6. The summed E-state index contributed by atoms with van der Waals surface area (Å²) in [5, 5.41) is 2.06. The fraction of sp³-hybridized carbons (Fsp3) is 0.667. The Labute approximate surface area is 117 Å². The molecule has 0 spiro atoms. The first kappa shape index (κ1) is 14.4. The Balaban J connectivity index is 1.77.